The maximum absolute atomic E-state index is 13.9. The van der Waals surface area contributed by atoms with Crippen molar-refractivity contribution in [2.75, 3.05) is 18.2 Å². The Labute approximate surface area is 194 Å². The molecule has 0 fully saturated rings. The van der Waals surface area contributed by atoms with Gasteiger partial charge in [-0.25, -0.2) is 4.39 Å². The molecule has 33 heavy (non-hydrogen) atoms. The van der Waals surface area contributed by atoms with Crippen molar-refractivity contribution in [3.8, 4) is 11.5 Å². The molecule has 0 saturated heterocycles. The molecule has 1 atom stereocenters. The number of hydrogen-bond acceptors (Lipinski definition) is 6. The maximum Gasteiger partial charge on any atom is 0.279 e. The van der Waals surface area contributed by atoms with Gasteiger partial charge in [0.2, 0.25) is 5.91 Å². The summed E-state index contributed by atoms with van der Waals surface area (Å²) in [6.45, 7) is 2.01. The average Bonchev–Trinajstić information content (AvgIpc) is 2.81. The molecule has 1 N–H and O–H groups in total. The van der Waals surface area contributed by atoms with Gasteiger partial charge in [-0.2, -0.15) is 4.98 Å². The summed E-state index contributed by atoms with van der Waals surface area (Å²) in [6, 6.07) is 11.6. The number of nitrogens with one attached hydrogen (secondary N) is 1. The highest BCUT2D eigenvalue weighted by Gasteiger charge is 2.32. The molecule has 7 nitrogen and oxygen atoms in total. The number of ether oxygens (including phenoxy) is 2. The van der Waals surface area contributed by atoms with Crippen LogP contribution in [-0.4, -0.2) is 28.3 Å². The normalized spacial score (nSPS) is 15.0. The number of aromatic nitrogens is 2. The number of methoxy groups -OCH3 is 1. The van der Waals surface area contributed by atoms with E-state index in [2.05, 4.69) is 10.3 Å². The van der Waals surface area contributed by atoms with Gasteiger partial charge in [-0.1, -0.05) is 43.0 Å². The molecule has 2 heterocycles. The fourth-order valence-electron chi connectivity index (χ4n) is 3.87. The van der Waals surface area contributed by atoms with Gasteiger partial charge in [-0.3, -0.25) is 9.59 Å². The standard InChI is InChI=1S/C24H24FN3O4S/c1-4-33-24-27-23(30)21-16(12-20(29)26-22(21)28(24)2)14-9-10-18(19(11-14)31-3)32-13-15-7-5-6-8-17(15)25/h5-11,16H,4,12-13H2,1-3H3,(H,26,29). The minimum atomic E-state index is -0.477. The zero-order valence-corrected chi connectivity index (χ0v) is 19.4. The molecule has 0 aliphatic carbocycles. The third-order valence-corrected chi connectivity index (χ3v) is 6.42. The molecular formula is C24H24FN3O4S. The third-order valence-electron chi connectivity index (χ3n) is 5.51. The van der Waals surface area contributed by atoms with Crippen LogP contribution in [0.4, 0.5) is 10.2 Å². The fraction of sp³-hybridized carbons (Fsp3) is 0.292. The minimum absolute atomic E-state index is 0.0411. The van der Waals surface area contributed by atoms with Gasteiger partial charge in [0.25, 0.3) is 5.56 Å². The van der Waals surface area contributed by atoms with Crippen LogP contribution in [0.25, 0.3) is 0 Å². The van der Waals surface area contributed by atoms with Gasteiger partial charge in [-0.05, 0) is 29.5 Å². The highest BCUT2D eigenvalue weighted by atomic mass is 32.2. The van der Waals surface area contributed by atoms with Crippen LogP contribution < -0.4 is 20.3 Å². The van der Waals surface area contributed by atoms with Crippen molar-refractivity contribution in [2.45, 2.75) is 31.0 Å². The van der Waals surface area contributed by atoms with E-state index in [1.165, 1.54) is 24.9 Å². The lowest BCUT2D eigenvalue weighted by Gasteiger charge is -2.28. The molecule has 1 aliphatic rings. The van der Waals surface area contributed by atoms with E-state index in [0.717, 1.165) is 11.3 Å². The molecule has 2 aromatic carbocycles. The quantitative estimate of drug-likeness (QED) is 0.415. The predicted molar refractivity (Wildman–Crippen MR) is 125 cm³/mol. The molecule has 1 aliphatic heterocycles. The number of anilines is 1. The molecule has 0 bridgehead atoms. The summed E-state index contributed by atoms with van der Waals surface area (Å²) in [5, 5.41) is 3.38. The number of rotatable bonds is 7. The van der Waals surface area contributed by atoms with Crippen LogP contribution in [0, 0.1) is 5.82 Å². The predicted octanol–water partition coefficient (Wildman–Crippen LogP) is 4.09. The van der Waals surface area contributed by atoms with E-state index >= 15 is 0 Å². The maximum atomic E-state index is 13.9. The zero-order chi connectivity index (χ0) is 23.5. The summed E-state index contributed by atoms with van der Waals surface area (Å²) in [6.07, 6.45) is 0.114. The van der Waals surface area contributed by atoms with E-state index in [9.17, 15) is 14.0 Å². The Hall–Kier alpha value is -3.33. The number of amides is 1. The largest absolute Gasteiger partial charge is 0.493 e. The first-order valence-electron chi connectivity index (χ1n) is 10.5. The average molecular weight is 470 g/mol. The number of halogens is 1. The Morgan fingerprint density at radius 3 is 2.73 bits per heavy atom. The molecule has 9 heteroatoms. The molecule has 3 aromatic rings. The lowest BCUT2D eigenvalue weighted by atomic mass is 9.86. The monoisotopic (exact) mass is 469 g/mol. The van der Waals surface area contributed by atoms with Crippen molar-refractivity contribution in [1.29, 1.82) is 0 Å². The molecule has 1 amide bonds. The fourth-order valence-corrected chi connectivity index (χ4v) is 4.56. The summed E-state index contributed by atoms with van der Waals surface area (Å²) in [5.41, 5.74) is 1.25. The van der Waals surface area contributed by atoms with Crippen LogP contribution >= 0.6 is 11.8 Å². The Morgan fingerprint density at radius 2 is 2.00 bits per heavy atom. The molecule has 0 saturated carbocycles. The van der Waals surface area contributed by atoms with Crippen molar-refractivity contribution in [1.82, 2.24) is 9.55 Å². The van der Waals surface area contributed by atoms with Gasteiger partial charge in [0.05, 0.1) is 12.7 Å². The molecule has 172 valence electrons. The van der Waals surface area contributed by atoms with E-state index in [-0.39, 0.29) is 30.3 Å². The van der Waals surface area contributed by atoms with Crippen molar-refractivity contribution in [2.24, 2.45) is 7.05 Å². The van der Waals surface area contributed by atoms with E-state index in [1.54, 1.807) is 48.0 Å². The second-order valence-corrected chi connectivity index (χ2v) is 8.78. The molecule has 1 unspecified atom stereocenters. The Kier molecular flexibility index (Phi) is 6.69. The number of benzene rings is 2. The van der Waals surface area contributed by atoms with Crippen molar-refractivity contribution in [3.63, 3.8) is 0 Å². The third kappa shape index (κ3) is 4.59. The van der Waals surface area contributed by atoms with Crippen LogP contribution in [0.3, 0.4) is 0 Å². The first-order chi connectivity index (χ1) is 15.9. The van der Waals surface area contributed by atoms with Gasteiger partial charge in [-0.15, -0.1) is 0 Å². The number of hydrogen-bond donors (Lipinski definition) is 1. The van der Waals surface area contributed by atoms with Gasteiger partial charge >= 0.3 is 0 Å². The summed E-state index contributed by atoms with van der Waals surface area (Å²) < 4.78 is 26.9. The van der Waals surface area contributed by atoms with Crippen LogP contribution in [-0.2, 0) is 18.4 Å². The van der Waals surface area contributed by atoms with Crippen molar-refractivity contribution < 1.29 is 18.7 Å². The van der Waals surface area contributed by atoms with E-state index in [4.69, 9.17) is 9.47 Å². The number of carbonyl (C=O) groups excluding carboxylic acids is 1. The Morgan fingerprint density at radius 1 is 1.21 bits per heavy atom. The van der Waals surface area contributed by atoms with E-state index in [0.29, 0.717) is 33.6 Å². The number of carbonyl (C=O) groups is 1. The summed E-state index contributed by atoms with van der Waals surface area (Å²) in [5.74, 6) is 1.08. The van der Waals surface area contributed by atoms with Gasteiger partial charge in [0.1, 0.15) is 18.2 Å². The highest BCUT2D eigenvalue weighted by molar-refractivity contribution is 7.99. The minimum Gasteiger partial charge on any atom is -0.493 e. The smallest absolute Gasteiger partial charge is 0.279 e. The molecular weight excluding hydrogens is 445 g/mol. The topological polar surface area (TPSA) is 82.5 Å². The van der Waals surface area contributed by atoms with Gasteiger partial charge < -0.3 is 19.4 Å². The molecule has 4 rings (SSSR count). The van der Waals surface area contributed by atoms with Crippen LogP contribution in [0.2, 0.25) is 0 Å². The van der Waals surface area contributed by atoms with Crippen molar-refractivity contribution >= 4 is 23.5 Å². The lowest BCUT2D eigenvalue weighted by molar-refractivity contribution is -0.116. The van der Waals surface area contributed by atoms with E-state index < -0.39 is 5.92 Å². The summed E-state index contributed by atoms with van der Waals surface area (Å²) >= 11 is 1.44. The van der Waals surface area contributed by atoms with Crippen LogP contribution in [0.15, 0.2) is 52.4 Å². The van der Waals surface area contributed by atoms with Gasteiger partial charge in [0, 0.05) is 24.9 Å². The Balaban J connectivity index is 1.69. The second-order valence-electron chi connectivity index (χ2n) is 7.55. The summed E-state index contributed by atoms with van der Waals surface area (Å²) in [7, 11) is 3.29. The molecule has 1 aromatic heterocycles. The zero-order valence-electron chi connectivity index (χ0n) is 18.6. The molecule has 0 radical (unpaired) electrons. The lowest BCUT2D eigenvalue weighted by Crippen LogP contribution is -2.33. The number of nitrogens with zero attached hydrogens (tertiary/aromatic N) is 2. The van der Waals surface area contributed by atoms with Crippen LogP contribution in [0.1, 0.15) is 36.0 Å². The number of fused-ring (bicyclic) bond motifs is 1. The van der Waals surface area contributed by atoms with Gasteiger partial charge in [0.15, 0.2) is 16.7 Å². The highest BCUT2D eigenvalue weighted by Crippen LogP contribution is 2.39. The molecule has 0 spiro atoms. The first kappa shape index (κ1) is 22.8. The van der Waals surface area contributed by atoms with Crippen LogP contribution in [0.5, 0.6) is 11.5 Å². The van der Waals surface area contributed by atoms with Crippen molar-refractivity contribution in [3.05, 3.63) is 75.3 Å². The van der Waals surface area contributed by atoms with E-state index in [1.807, 2.05) is 6.92 Å². The Bertz CT molecular complexity index is 1260. The first-order valence-corrected chi connectivity index (χ1v) is 11.5. The number of thioether (sulfide) groups is 1. The summed E-state index contributed by atoms with van der Waals surface area (Å²) in [4.78, 5) is 29.7. The second kappa shape index (κ2) is 9.66. The SMILES string of the molecule is CCSc1nc(=O)c2c(n1C)NC(=O)CC2c1ccc(OCc2ccccc2F)c(OC)c1.